The van der Waals surface area contributed by atoms with E-state index in [1.807, 2.05) is 18.2 Å². The highest BCUT2D eigenvalue weighted by Crippen LogP contribution is 2.17. The highest BCUT2D eigenvalue weighted by atomic mass is 79.9. The molecule has 0 radical (unpaired) electrons. The van der Waals surface area contributed by atoms with Gasteiger partial charge < -0.3 is 10.1 Å². The Morgan fingerprint density at radius 1 is 1.44 bits per heavy atom. The molecule has 0 aliphatic carbocycles. The first-order valence-corrected chi connectivity index (χ1v) is 6.35. The molecule has 0 amide bonds. The normalized spacial score (nSPS) is 20.7. The summed E-state index contributed by atoms with van der Waals surface area (Å²) in [4.78, 5) is 0. The minimum absolute atomic E-state index is 0.216. The third-order valence-corrected chi connectivity index (χ3v) is 3.28. The van der Waals surface area contributed by atoms with Crippen LogP contribution in [0.1, 0.15) is 24.8 Å². The highest BCUT2D eigenvalue weighted by molar-refractivity contribution is 9.10. The Hall–Kier alpha value is -0.710. The number of halogens is 1. The average molecular weight is 284 g/mol. The smallest absolute Gasteiger partial charge is 0.194 e. The first-order valence-electron chi connectivity index (χ1n) is 5.56. The van der Waals surface area contributed by atoms with Crippen LogP contribution < -0.4 is 5.32 Å². The molecule has 3 N–H and O–H groups in total. The molecule has 1 aromatic rings. The first-order chi connectivity index (χ1) is 7.79. The van der Waals surface area contributed by atoms with Gasteiger partial charge in [-0.05, 0) is 25.0 Å². The molecule has 1 saturated heterocycles. The lowest BCUT2D eigenvalue weighted by Gasteiger charge is -2.20. The largest absolute Gasteiger partial charge is 0.329 e. The van der Waals surface area contributed by atoms with E-state index in [2.05, 4.69) is 21.2 Å². The molecule has 0 aromatic heterocycles. The summed E-state index contributed by atoms with van der Waals surface area (Å²) in [6.45, 7) is 0.859. The van der Waals surface area contributed by atoms with Crippen LogP contribution >= 0.6 is 15.9 Å². The van der Waals surface area contributed by atoms with Crippen LogP contribution in [0.25, 0.3) is 0 Å². The predicted octanol–water partition coefficient (Wildman–Crippen LogP) is 2.17. The van der Waals surface area contributed by atoms with E-state index < -0.39 is 0 Å². The second-order valence-corrected chi connectivity index (χ2v) is 4.90. The van der Waals surface area contributed by atoms with Crippen LogP contribution in [0.5, 0.6) is 0 Å². The van der Waals surface area contributed by atoms with E-state index in [0.29, 0.717) is 0 Å². The molecule has 86 valence electrons. The van der Waals surface area contributed by atoms with E-state index in [9.17, 15) is 0 Å². The van der Waals surface area contributed by atoms with Crippen molar-refractivity contribution < 1.29 is 10.1 Å². The maximum atomic E-state index is 7.39. The molecule has 0 bridgehead atoms. The molecule has 0 spiro atoms. The zero-order valence-electron chi connectivity index (χ0n) is 9.08. The van der Waals surface area contributed by atoms with E-state index >= 15 is 0 Å². The SMILES string of the molecule is N=Cc1cc(Br)ccc1[NH2+]C1CCCCO1. The Labute approximate surface area is 104 Å². The Balaban J connectivity index is 2.10. The van der Waals surface area contributed by atoms with Gasteiger partial charge in [-0.1, -0.05) is 15.9 Å². The van der Waals surface area contributed by atoms with Gasteiger partial charge in [-0.3, -0.25) is 5.32 Å². The summed E-state index contributed by atoms with van der Waals surface area (Å²) >= 11 is 3.41. The molecule has 1 fully saturated rings. The van der Waals surface area contributed by atoms with Crippen molar-refractivity contribution in [3.63, 3.8) is 0 Å². The van der Waals surface area contributed by atoms with Crippen LogP contribution in [-0.4, -0.2) is 19.0 Å². The number of hydrogen-bond acceptors (Lipinski definition) is 2. The second-order valence-electron chi connectivity index (χ2n) is 3.99. The average Bonchev–Trinajstić information content (AvgIpc) is 2.33. The van der Waals surface area contributed by atoms with Crippen molar-refractivity contribution in [2.75, 3.05) is 6.61 Å². The summed E-state index contributed by atoms with van der Waals surface area (Å²) in [6.07, 6.45) is 5.10. The van der Waals surface area contributed by atoms with Crippen LogP contribution in [-0.2, 0) is 4.74 Å². The van der Waals surface area contributed by atoms with E-state index in [1.54, 1.807) is 0 Å². The van der Waals surface area contributed by atoms with Crippen molar-refractivity contribution in [2.45, 2.75) is 25.5 Å². The van der Waals surface area contributed by atoms with Gasteiger partial charge in [0.1, 0.15) is 5.69 Å². The van der Waals surface area contributed by atoms with Crippen LogP contribution in [0.4, 0.5) is 5.69 Å². The molecular formula is C12H16BrN2O+. The Morgan fingerprint density at radius 3 is 3.00 bits per heavy atom. The van der Waals surface area contributed by atoms with Gasteiger partial charge in [0, 0.05) is 23.2 Å². The van der Waals surface area contributed by atoms with Crippen molar-refractivity contribution in [3.8, 4) is 0 Å². The lowest BCUT2D eigenvalue weighted by molar-refractivity contribution is -0.660. The fourth-order valence-corrected chi connectivity index (χ4v) is 2.30. The predicted molar refractivity (Wildman–Crippen MR) is 67.2 cm³/mol. The lowest BCUT2D eigenvalue weighted by Crippen LogP contribution is -2.86. The summed E-state index contributed by atoms with van der Waals surface area (Å²) in [5.74, 6) is 0. The second kappa shape index (κ2) is 5.57. The van der Waals surface area contributed by atoms with Crippen molar-refractivity contribution in [1.82, 2.24) is 0 Å². The van der Waals surface area contributed by atoms with Gasteiger partial charge in [0.05, 0.1) is 12.2 Å². The van der Waals surface area contributed by atoms with E-state index in [1.165, 1.54) is 19.1 Å². The summed E-state index contributed by atoms with van der Waals surface area (Å²) in [7, 11) is 0. The molecule has 4 heteroatoms. The maximum Gasteiger partial charge on any atom is 0.194 e. The quantitative estimate of drug-likeness (QED) is 0.648. The van der Waals surface area contributed by atoms with Gasteiger partial charge in [0.2, 0.25) is 0 Å². The molecule has 1 aliphatic rings. The molecule has 1 atom stereocenters. The number of quaternary nitrogens is 1. The van der Waals surface area contributed by atoms with Crippen LogP contribution in [0.15, 0.2) is 22.7 Å². The van der Waals surface area contributed by atoms with E-state index in [4.69, 9.17) is 10.1 Å². The third-order valence-electron chi connectivity index (χ3n) is 2.78. The molecule has 1 aromatic carbocycles. The lowest BCUT2D eigenvalue weighted by atomic mass is 10.1. The van der Waals surface area contributed by atoms with Crippen LogP contribution in [0.3, 0.4) is 0 Å². The number of nitrogens with two attached hydrogens (primary N) is 1. The molecule has 16 heavy (non-hydrogen) atoms. The van der Waals surface area contributed by atoms with Crippen molar-refractivity contribution in [2.24, 2.45) is 0 Å². The fraction of sp³-hybridized carbons (Fsp3) is 0.417. The first kappa shape index (κ1) is 11.8. The van der Waals surface area contributed by atoms with Crippen molar-refractivity contribution >= 4 is 27.8 Å². The molecule has 1 aliphatic heterocycles. The Kier molecular flexibility index (Phi) is 4.09. The fourth-order valence-electron chi connectivity index (χ4n) is 1.92. The Morgan fingerprint density at radius 2 is 2.31 bits per heavy atom. The Bertz CT molecular complexity index is 375. The van der Waals surface area contributed by atoms with E-state index in [0.717, 1.165) is 28.8 Å². The van der Waals surface area contributed by atoms with Crippen molar-refractivity contribution in [3.05, 3.63) is 28.2 Å². The molecule has 1 unspecified atom stereocenters. The van der Waals surface area contributed by atoms with Gasteiger partial charge in [-0.15, -0.1) is 0 Å². The number of rotatable bonds is 3. The monoisotopic (exact) mass is 283 g/mol. The van der Waals surface area contributed by atoms with E-state index in [-0.39, 0.29) is 6.23 Å². The zero-order chi connectivity index (χ0) is 11.4. The van der Waals surface area contributed by atoms with Gasteiger partial charge in [0.25, 0.3) is 0 Å². The maximum absolute atomic E-state index is 7.39. The summed E-state index contributed by atoms with van der Waals surface area (Å²) < 4.78 is 6.68. The molecule has 1 heterocycles. The molecule has 2 rings (SSSR count). The van der Waals surface area contributed by atoms with Gasteiger partial charge in [-0.25, -0.2) is 0 Å². The van der Waals surface area contributed by atoms with Gasteiger partial charge in [0.15, 0.2) is 6.23 Å². The summed E-state index contributed by atoms with van der Waals surface area (Å²) in [5, 5.41) is 9.52. The minimum atomic E-state index is 0.216. The van der Waals surface area contributed by atoms with Gasteiger partial charge in [-0.2, -0.15) is 0 Å². The topological polar surface area (TPSA) is 49.7 Å². The standard InChI is InChI=1S/C12H15BrN2O/c13-10-4-5-11(9(7-10)8-14)15-12-3-1-2-6-16-12/h4-5,7-8,12,14-15H,1-3,6H2/p+1. The number of nitrogens with one attached hydrogen (secondary N) is 1. The van der Waals surface area contributed by atoms with Gasteiger partial charge >= 0.3 is 0 Å². The number of ether oxygens (including phenoxy) is 1. The van der Waals surface area contributed by atoms with Crippen molar-refractivity contribution in [1.29, 1.82) is 5.41 Å². The number of benzene rings is 1. The number of hydrogen-bond donors (Lipinski definition) is 2. The van der Waals surface area contributed by atoms with Crippen LogP contribution in [0, 0.1) is 5.41 Å². The summed E-state index contributed by atoms with van der Waals surface area (Å²) in [6, 6.07) is 5.99. The summed E-state index contributed by atoms with van der Waals surface area (Å²) in [5.41, 5.74) is 2.02. The zero-order valence-corrected chi connectivity index (χ0v) is 10.7. The minimum Gasteiger partial charge on any atom is -0.329 e. The molecule has 0 saturated carbocycles. The third kappa shape index (κ3) is 2.90. The highest BCUT2D eigenvalue weighted by Gasteiger charge is 2.18. The molecule has 3 nitrogen and oxygen atoms in total. The van der Waals surface area contributed by atoms with Crippen LogP contribution in [0.2, 0.25) is 0 Å². The molecular weight excluding hydrogens is 268 g/mol.